The summed E-state index contributed by atoms with van der Waals surface area (Å²) in [6.45, 7) is 0.162. The van der Waals surface area contributed by atoms with Gasteiger partial charge in [0.2, 0.25) is 0 Å². The lowest BCUT2D eigenvalue weighted by atomic mass is 10.3. The third-order valence-electron chi connectivity index (χ3n) is 1.90. The molecule has 0 fully saturated rings. The van der Waals surface area contributed by atoms with Crippen molar-refractivity contribution in [3.8, 4) is 0 Å². The van der Waals surface area contributed by atoms with Crippen molar-refractivity contribution in [3.05, 3.63) is 24.3 Å². The van der Waals surface area contributed by atoms with Crippen LogP contribution >= 0.6 is 12.4 Å². The normalized spacial score (nSPS) is 10.4. The highest BCUT2D eigenvalue weighted by molar-refractivity contribution is 7.85. The van der Waals surface area contributed by atoms with E-state index in [-0.39, 0.29) is 23.8 Å². The van der Waals surface area contributed by atoms with Crippen molar-refractivity contribution in [2.75, 3.05) is 18.5 Å². The van der Waals surface area contributed by atoms with E-state index in [1.807, 2.05) is 0 Å². The number of benzene rings is 1. The number of hydrogen-bond acceptors (Lipinski definition) is 4. The number of likely N-dealkylation sites (N-methyl/N-ethyl adjacent to an activating group) is 1. The zero-order chi connectivity index (χ0) is 11.5. The predicted molar refractivity (Wildman–Crippen MR) is 62.8 cm³/mol. The van der Waals surface area contributed by atoms with Crippen LogP contribution in [0.4, 0.5) is 5.69 Å². The van der Waals surface area contributed by atoms with Crippen LogP contribution < -0.4 is 4.90 Å². The van der Waals surface area contributed by atoms with Crippen LogP contribution in [0.3, 0.4) is 0 Å². The van der Waals surface area contributed by atoms with Gasteiger partial charge in [0.1, 0.15) is 6.29 Å². The van der Waals surface area contributed by atoms with E-state index in [1.54, 1.807) is 18.0 Å². The molecule has 1 N–H and O–H groups in total. The van der Waals surface area contributed by atoms with Crippen molar-refractivity contribution in [1.29, 1.82) is 0 Å². The molecule has 0 aromatic heterocycles. The van der Waals surface area contributed by atoms with Crippen molar-refractivity contribution in [3.63, 3.8) is 0 Å². The molecule has 5 nitrogen and oxygen atoms in total. The second-order valence-electron chi connectivity index (χ2n) is 3.02. The first kappa shape index (κ1) is 14.9. The smallest absolute Gasteiger partial charge is 0.294 e. The molecule has 7 heteroatoms. The summed E-state index contributed by atoms with van der Waals surface area (Å²) in [5.74, 6) is 0. The molecule has 0 aliphatic heterocycles. The quantitative estimate of drug-likeness (QED) is 0.649. The zero-order valence-electron chi connectivity index (χ0n) is 8.53. The van der Waals surface area contributed by atoms with Gasteiger partial charge in [-0.3, -0.25) is 4.55 Å². The highest BCUT2D eigenvalue weighted by atomic mass is 35.5. The Hall–Kier alpha value is -1.11. The maximum Gasteiger partial charge on any atom is 0.294 e. The molecule has 0 aliphatic carbocycles. The third-order valence-corrected chi connectivity index (χ3v) is 2.75. The summed E-state index contributed by atoms with van der Waals surface area (Å²) in [5, 5.41) is 0. The lowest BCUT2D eigenvalue weighted by molar-refractivity contribution is -0.106. The van der Waals surface area contributed by atoms with Gasteiger partial charge in [0.25, 0.3) is 10.1 Å². The summed E-state index contributed by atoms with van der Waals surface area (Å²) in [6, 6.07) is 5.74. The largest absolute Gasteiger partial charge is 0.368 e. The van der Waals surface area contributed by atoms with E-state index in [4.69, 9.17) is 4.55 Å². The van der Waals surface area contributed by atoms with E-state index in [0.29, 0.717) is 12.0 Å². The number of hydrogen-bond donors (Lipinski definition) is 1. The molecule has 1 aromatic rings. The average molecular weight is 266 g/mol. The molecule has 0 atom stereocenters. The Labute approximate surface area is 100 Å². The molecule has 0 spiro atoms. The van der Waals surface area contributed by atoms with Crippen LogP contribution in [0.5, 0.6) is 0 Å². The Kier molecular flexibility index (Phi) is 5.43. The fourth-order valence-electron chi connectivity index (χ4n) is 1.10. The lowest BCUT2D eigenvalue weighted by Crippen LogP contribution is -2.19. The summed E-state index contributed by atoms with van der Waals surface area (Å²) in [6.07, 6.45) is 0.708. The molecule has 0 bridgehead atoms. The van der Waals surface area contributed by atoms with Gasteiger partial charge < -0.3 is 9.69 Å². The van der Waals surface area contributed by atoms with Crippen LogP contribution in [0.15, 0.2) is 29.2 Å². The fraction of sp³-hybridized carbons (Fsp3) is 0.222. The van der Waals surface area contributed by atoms with E-state index >= 15 is 0 Å². The highest BCUT2D eigenvalue weighted by Crippen LogP contribution is 2.17. The van der Waals surface area contributed by atoms with Crippen molar-refractivity contribution in [2.45, 2.75) is 4.90 Å². The Bertz CT molecular complexity index is 460. The molecule has 0 radical (unpaired) electrons. The number of carbonyl (C=O) groups excluding carboxylic acids is 1. The van der Waals surface area contributed by atoms with Crippen LogP contribution in [0, 0.1) is 0 Å². The Morgan fingerprint density at radius 1 is 1.44 bits per heavy atom. The van der Waals surface area contributed by atoms with Crippen molar-refractivity contribution in [1.82, 2.24) is 0 Å². The molecule has 1 rings (SSSR count). The van der Waals surface area contributed by atoms with E-state index in [2.05, 4.69) is 0 Å². The molecule has 0 aliphatic rings. The van der Waals surface area contributed by atoms with Crippen molar-refractivity contribution >= 4 is 34.5 Å². The van der Waals surface area contributed by atoms with Gasteiger partial charge in [0.05, 0.1) is 11.4 Å². The van der Waals surface area contributed by atoms with Gasteiger partial charge >= 0.3 is 0 Å². The Morgan fingerprint density at radius 3 is 2.56 bits per heavy atom. The molecular formula is C9H12ClNO4S. The molecule has 0 amide bonds. The first-order valence-corrected chi connectivity index (χ1v) is 5.61. The van der Waals surface area contributed by atoms with E-state index in [1.165, 1.54) is 18.2 Å². The van der Waals surface area contributed by atoms with Gasteiger partial charge in [0.15, 0.2) is 0 Å². The van der Waals surface area contributed by atoms with Crippen LogP contribution in [0.2, 0.25) is 0 Å². The average Bonchev–Trinajstić information content (AvgIpc) is 2.17. The summed E-state index contributed by atoms with van der Waals surface area (Å²) in [4.78, 5) is 11.6. The molecule has 0 saturated carbocycles. The third kappa shape index (κ3) is 3.80. The maximum atomic E-state index is 10.8. The predicted octanol–water partition coefficient (Wildman–Crippen LogP) is 0.990. The summed E-state index contributed by atoms with van der Waals surface area (Å²) in [5.41, 5.74) is 0.553. The SMILES string of the molecule is CN(CC=O)c1cccc(S(=O)(=O)O)c1.Cl. The summed E-state index contributed by atoms with van der Waals surface area (Å²) < 4.78 is 30.5. The van der Waals surface area contributed by atoms with Crippen LogP contribution in [-0.4, -0.2) is 32.8 Å². The van der Waals surface area contributed by atoms with E-state index in [0.717, 1.165) is 0 Å². The second kappa shape index (κ2) is 5.83. The lowest BCUT2D eigenvalue weighted by Gasteiger charge is -2.16. The van der Waals surface area contributed by atoms with Gasteiger partial charge in [-0.25, -0.2) is 0 Å². The highest BCUT2D eigenvalue weighted by Gasteiger charge is 2.10. The number of anilines is 1. The van der Waals surface area contributed by atoms with Crippen LogP contribution in [0.1, 0.15) is 0 Å². The van der Waals surface area contributed by atoms with Crippen molar-refractivity contribution < 1.29 is 17.8 Å². The number of carbonyl (C=O) groups is 1. The summed E-state index contributed by atoms with van der Waals surface area (Å²) >= 11 is 0. The molecule has 90 valence electrons. The molecule has 0 unspecified atom stereocenters. The topological polar surface area (TPSA) is 74.7 Å². The first-order chi connectivity index (χ1) is 6.95. The first-order valence-electron chi connectivity index (χ1n) is 4.17. The van der Waals surface area contributed by atoms with Gasteiger partial charge in [-0.1, -0.05) is 6.07 Å². The molecular weight excluding hydrogens is 254 g/mol. The fourth-order valence-corrected chi connectivity index (χ4v) is 1.62. The van der Waals surface area contributed by atoms with Crippen LogP contribution in [-0.2, 0) is 14.9 Å². The number of rotatable bonds is 4. The molecule has 16 heavy (non-hydrogen) atoms. The minimum atomic E-state index is -4.19. The maximum absolute atomic E-state index is 10.8. The van der Waals surface area contributed by atoms with Gasteiger partial charge in [0, 0.05) is 12.7 Å². The number of halogens is 1. The number of aldehydes is 1. The van der Waals surface area contributed by atoms with Crippen LogP contribution in [0.25, 0.3) is 0 Å². The van der Waals surface area contributed by atoms with Gasteiger partial charge in [-0.15, -0.1) is 12.4 Å². The summed E-state index contributed by atoms with van der Waals surface area (Å²) in [7, 11) is -2.54. The van der Waals surface area contributed by atoms with E-state index < -0.39 is 10.1 Å². The van der Waals surface area contributed by atoms with Gasteiger partial charge in [-0.05, 0) is 18.2 Å². The zero-order valence-corrected chi connectivity index (χ0v) is 10.2. The number of nitrogens with zero attached hydrogens (tertiary/aromatic N) is 1. The molecule has 0 saturated heterocycles. The Balaban J connectivity index is 0.00000225. The van der Waals surface area contributed by atoms with Gasteiger partial charge in [-0.2, -0.15) is 8.42 Å². The van der Waals surface area contributed by atoms with E-state index in [9.17, 15) is 13.2 Å². The van der Waals surface area contributed by atoms with Crippen molar-refractivity contribution in [2.24, 2.45) is 0 Å². The molecule has 1 aromatic carbocycles. The standard InChI is InChI=1S/C9H11NO4S.ClH/c1-10(5-6-11)8-3-2-4-9(7-8)15(12,13)14;/h2-4,6-7H,5H2,1H3,(H,12,13,14);1H. The Morgan fingerprint density at radius 2 is 2.06 bits per heavy atom. The minimum Gasteiger partial charge on any atom is -0.368 e. The minimum absolute atomic E-state index is 0. The molecule has 0 heterocycles. The second-order valence-corrected chi connectivity index (χ2v) is 4.44. The monoisotopic (exact) mass is 265 g/mol.